The van der Waals surface area contributed by atoms with Gasteiger partial charge in [0.05, 0.1) is 6.61 Å². The molecule has 1 rings (SSSR count). The van der Waals surface area contributed by atoms with Crippen molar-refractivity contribution in [2.75, 3.05) is 33.9 Å². The van der Waals surface area contributed by atoms with Crippen molar-refractivity contribution in [3.8, 4) is 0 Å². The monoisotopic (exact) mass is 238 g/mol. The van der Waals surface area contributed by atoms with E-state index in [1.165, 1.54) is 14.2 Å². The van der Waals surface area contributed by atoms with Crippen LogP contribution in [0.3, 0.4) is 0 Å². The molecule has 1 aliphatic heterocycles. The van der Waals surface area contributed by atoms with Crippen LogP contribution in [-0.2, 0) is 19.7 Å². The summed E-state index contributed by atoms with van der Waals surface area (Å²) in [6, 6.07) is -1.01. The summed E-state index contributed by atoms with van der Waals surface area (Å²) >= 11 is 0. The van der Waals surface area contributed by atoms with E-state index in [0.717, 1.165) is 8.61 Å². The van der Waals surface area contributed by atoms with Gasteiger partial charge in [-0.15, -0.1) is 0 Å². The minimum absolute atomic E-state index is 0.0302. The van der Waals surface area contributed by atoms with Crippen LogP contribution in [-0.4, -0.2) is 68.0 Å². The summed E-state index contributed by atoms with van der Waals surface area (Å²) in [5.41, 5.74) is 0. The van der Waals surface area contributed by atoms with Gasteiger partial charge in [-0.2, -0.15) is 17.0 Å². The van der Waals surface area contributed by atoms with Gasteiger partial charge in [-0.3, -0.25) is 4.79 Å². The second-order valence-corrected chi connectivity index (χ2v) is 5.22. The second-order valence-electron chi connectivity index (χ2n) is 3.23. The number of aliphatic carboxylic acids is 1. The van der Waals surface area contributed by atoms with Crippen molar-refractivity contribution in [1.82, 2.24) is 8.61 Å². The molecule has 1 saturated heterocycles. The minimum atomic E-state index is -3.63. The van der Waals surface area contributed by atoms with Gasteiger partial charge in [0.25, 0.3) is 10.2 Å². The molecule has 0 spiro atoms. The summed E-state index contributed by atoms with van der Waals surface area (Å²) in [7, 11) is -0.902. The molecule has 7 nitrogen and oxygen atoms in total. The quantitative estimate of drug-likeness (QED) is 0.649. The van der Waals surface area contributed by atoms with E-state index in [4.69, 9.17) is 9.84 Å². The van der Waals surface area contributed by atoms with Gasteiger partial charge >= 0.3 is 5.97 Å². The van der Waals surface area contributed by atoms with Gasteiger partial charge in [-0.05, 0) is 0 Å². The molecule has 8 heteroatoms. The van der Waals surface area contributed by atoms with Crippen molar-refractivity contribution < 1.29 is 23.1 Å². The van der Waals surface area contributed by atoms with Crippen molar-refractivity contribution in [3.63, 3.8) is 0 Å². The van der Waals surface area contributed by atoms with Gasteiger partial charge in [0.2, 0.25) is 0 Å². The first-order valence-electron chi connectivity index (χ1n) is 4.36. The van der Waals surface area contributed by atoms with Crippen molar-refractivity contribution >= 4 is 16.2 Å². The zero-order chi connectivity index (χ0) is 11.6. The Balaban J connectivity index is 2.81. The van der Waals surface area contributed by atoms with Crippen molar-refractivity contribution in [2.45, 2.75) is 6.04 Å². The maximum Gasteiger partial charge on any atom is 0.323 e. The number of nitrogens with zero attached hydrogens (tertiary/aromatic N) is 2. The Bertz CT molecular complexity index is 341. The highest BCUT2D eigenvalue weighted by atomic mass is 32.2. The van der Waals surface area contributed by atoms with E-state index < -0.39 is 22.2 Å². The number of rotatable bonds is 4. The zero-order valence-corrected chi connectivity index (χ0v) is 9.40. The molecule has 1 unspecified atom stereocenters. The Morgan fingerprint density at radius 2 is 2.20 bits per heavy atom. The molecule has 1 heterocycles. The number of carboxylic acids is 1. The Kier molecular flexibility index (Phi) is 3.66. The highest BCUT2D eigenvalue weighted by molar-refractivity contribution is 7.87. The predicted molar refractivity (Wildman–Crippen MR) is 51.6 cm³/mol. The SMILES string of the molecule is COCCN1CC(C(=O)O)N(C)S1(=O)=O. The third-order valence-corrected chi connectivity index (χ3v) is 4.30. The fraction of sp³-hybridized carbons (Fsp3) is 0.857. The maximum atomic E-state index is 11.6. The van der Waals surface area contributed by atoms with Gasteiger partial charge < -0.3 is 9.84 Å². The number of hydrogen-bond acceptors (Lipinski definition) is 4. The van der Waals surface area contributed by atoms with Crippen molar-refractivity contribution in [2.24, 2.45) is 0 Å². The number of carbonyl (C=O) groups is 1. The van der Waals surface area contributed by atoms with Gasteiger partial charge in [-0.25, -0.2) is 0 Å². The molecule has 0 amide bonds. The number of hydrogen-bond donors (Lipinski definition) is 1. The number of ether oxygens (including phenoxy) is 1. The smallest absolute Gasteiger partial charge is 0.323 e. The Morgan fingerprint density at radius 3 is 2.60 bits per heavy atom. The van der Waals surface area contributed by atoms with Gasteiger partial charge in [0, 0.05) is 27.2 Å². The van der Waals surface area contributed by atoms with E-state index in [1.54, 1.807) is 0 Å². The van der Waals surface area contributed by atoms with Crippen LogP contribution in [0.15, 0.2) is 0 Å². The van der Waals surface area contributed by atoms with Crippen LogP contribution in [0, 0.1) is 0 Å². The highest BCUT2D eigenvalue weighted by Gasteiger charge is 2.44. The average molecular weight is 238 g/mol. The van der Waals surface area contributed by atoms with Crippen LogP contribution >= 0.6 is 0 Å². The lowest BCUT2D eigenvalue weighted by molar-refractivity contribution is -0.140. The molecule has 88 valence electrons. The summed E-state index contributed by atoms with van der Waals surface area (Å²) < 4.78 is 30.0. The molecule has 0 aromatic carbocycles. The zero-order valence-electron chi connectivity index (χ0n) is 8.58. The molecule has 0 radical (unpaired) electrons. The Morgan fingerprint density at radius 1 is 1.60 bits per heavy atom. The number of likely N-dealkylation sites (N-methyl/N-ethyl adjacent to an activating group) is 1. The summed E-state index contributed by atoms with van der Waals surface area (Å²) in [5.74, 6) is -1.14. The maximum absolute atomic E-state index is 11.6. The highest BCUT2D eigenvalue weighted by Crippen LogP contribution is 2.19. The summed E-state index contributed by atoms with van der Waals surface area (Å²) in [6.45, 7) is 0.393. The van der Waals surface area contributed by atoms with Crippen LogP contribution < -0.4 is 0 Å². The van der Waals surface area contributed by atoms with Crippen LogP contribution in [0.1, 0.15) is 0 Å². The lowest BCUT2D eigenvalue weighted by Gasteiger charge is -2.14. The van der Waals surface area contributed by atoms with Gasteiger partial charge in [0.1, 0.15) is 6.04 Å². The molecule has 1 atom stereocenters. The first-order valence-corrected chi connectivity index (χ1v) is 5.75. The molecule has 0 aliphatic carbocycles. The molecule has 1 fully saturated rings. The van der Waals surface area contributed by atoms with Gasteiger partial charge in [0.15, 0.2) is 0 Å². The number of methoxy groups -OCH3 is 1. The normalized spacial score (nSPS) is 26.9. The molecular formula is C7H14N2O5S. The number of carboxylic acid groups (broad SMARTS) is 1. The lowest BCUT2D eigenvalue weighted by Crippen LogP contribution is -2.36. The predicted octanol–water partition coefficient (Wildman–Crippen LogP) is -1.42. The van der Waals surface area contributed by atoms with Crippen molar-refractivity contribution in [1.29, 1.82) is 0 Å². The molecule has 0 saturated carbocycles. The lowest BCUT2D eigenvalue weighted by atomic mass is 10.3. The largest absolute Gasteiger partial charge is 0.480 e. The average Bonchev–Trinajstić information content (AvgIpc) is 2.37. The summed E-state index contributed by atoms with van der Waals surface area (Å²) in [6.07, 6.45) is 0. The second kappa shape index (κ2) is 4.44. The summed E-state index contributed by atoms with van der Waals surface area (Å²) in [4.78, 5) is 10.8. The van der Waals surface area contributed by atoms with E-state index in [1.807, 2.05) is 0 Å². The molecule has 0 aromatic rings. The van der Waals surface area contributed by atoms with Crippen molar-refractivity contribution in [3.05, 3.63) is 0 Å². The molecule has 1 N–H and O–H groups in total. The van der Waals surface area contributed by atoms with Gasteiger partial charge in [-0.1, -0.05) is 0 Å². The molecular weight excluding hydrogens is 224 g/mol. The fourth-order valence-electron chi connectivity index (χ4n) is 1.38. The van der Waals surface area contributed by atoms with E-state index in [9.17, 15) is 13.2 Å². The minimum Gasteiger partial charge on any atom is -0.480 e. The third kappa shape index (κ3) is 2.28. The Hall–Kier alpha value is -0.700. The summed E-state index contributed by atoms with van der Waals surface area (Å²) in [5, 5.41) is 8.80. The third-order valence-electron chi connectivity index (χ3n) is 2.34. The van der Waals surface area contributed by atoms with Crippen LogP contribution in [0.4, 0.5) is 0 Å². The molecule has 1 aliphatic rings. The molecule has 0 bridgehead atoms. The molecule has 15 heavy (non-hydrogen) atoms. The van der Waals surface area contributed by atoms with Crippen LogP contribution in [0.5, 0.6) is 0 Å². The Labute approximate surface area is 88.4 Å². The standard InChI is InChI=1S/C7H14N2O5S/c1-8-6(7(10)11)5-9(3-4-14-2)15(8,12)13/h6H,3-5H2,1-2H3,(H,10,11). The topological polar surface area (TPSA) is 87.2 Å². The van der Waals surface area contributed by atoms with E-state index >= 15 is 0 Å². The van der Waals surface area contributed by atoms with E-state index in [2.05, 4.69) is 0 Å². The molecule has 0 aromatic heterocycles. The van der Waals surface area contributed by atoms with E-state index in [-0.39, 0.29) is 19.7 Å². The van der Waals surface area contributed by atoms with E-state index in [0.29, 0.717) is 0 Å². The fourth-order valence-corrected chi connectivity index (χ4v) is 2.86. The first-order chi connectivity index (χ1) is 6.91. The van der Waals surface area contributed by atoms with Crippen LogP contribution in [0.25, 0.3) is 0 Å². The first kappa shape index (κ1) is 12.4. The van der Waals surface area contributed by atoms with Crippen LogP contribution in [0.2, 0.25) is 0 Å².